The van der Waals surface area contributed by atoms with Gasteiger partial charge >= 0.3 is 0 Å². The fraction of sp³-hybridized carbons (Fsp3) is 0.273. The van der Waals surface area contributed by atoms with Gasteiger partial charge in [-0.3, -0.25) is 0 Å². The third-order valence-corrected chi connectivity index (χ3v) is 2.25. The molecule has 84 valence electrons. The standard InChI is InChI=1S/C11H12FN3O/c1-16-11-10-7(12)3-2-4-8(10)14-9(15-11)5-6-13/h2-4H,5-6,13H2,1H3. The van der Waals surface area contributed by atoms with Gasteiger partial charge in [-0.05, 0) is 18.7 Å². The molecule has 1 aromatic heterocycles. The van der Waals surface area contributed by atoms with Crippen molar-refractivity contribution in [2.45, 2.75) is 6.42 Å². The van der Waals surface area contributed by atoms with Crippen LogP contribution in [0.1, 0.15) is 5.82 Å². The molecule has 2 rings (SSSR count). The summed E-state index contributed by atoms with van der Waals surface area (Å²) in [4.78, 5) is 8.34. The van der Waals surface area contributed by atoms with Crippen molar-refractivity contribution >= 4 is 10.9 Å². The molecule has 2 aromatic rings. The minimum absolute atomic E-state index is 0.256. The van der Waals surface area contributed by atoms with Crippen LogP contribution in [-0.4, -0.2) is 23.6 Å². The molecule has 1 aromatic carbocycles. The average molecular weight is 221 g/mol. The number of nitrogens with zero attached hydrogens (tertiary/aromatic N) is 2. The van der Waals surface area contributed by atoms with E-state index in [-0.39, 0.29) is 11.7 Å². The minimum atomic E-state index is -0.381. The van der Waals surface area contributed by atoms with E-state index in [0.717, 1.165) is 0 Å². The molecule has 0 bridgehead atoms. The van der Waals surface area contributed by atoms with Crippen molar-refractivity contribution in [3.05, 3.63) is 29.8 Å². The van der Waals surface area contributed by atoms with Gasteiger partial charge in [0, 0.05) is 6.42 Å². The number of halogens is 1. The van der Waals surface area contributed by atoms with Gasteiger partial charge in [-0.2, -0.15) is 4.98 Å². The smallest absolute Gasteiger partial charge is 0.227 e. The van der Waals surface area contributed by atoms with Gasteiger partial charge in [-0.25, -0.2) is 9.37 Å². The molecule has 0 saturated carbocycles. The number of hydrogen-bond acceptors (Lipinski definition) is 4. The molecule has 0 atom stereocenters. The van der Waals surface area contributed by atoms with Crippen LogP contribution in [0.2, 0.25) is 0 Å². The molecule has 4 nitrogen and oxygen atoms in total. The molecular formula is C11H12FN3O. The summed E-state index contributed by atoms with van der Waals surface area (Å²) in [6.07, 6.45) is 0.544. The zero-order valence-corrected chi connectivity index (χ0v) is 8.90. The summed E-state index contributed by atoms with van der Waals surface area (Å²) in [5.74, 6) is 0.442. The van der Waals surface area contributed by atoms with Crippen LogP contribution in [0.4, 0.5) is 4.39 Å². The molecule has 5 heteroatoms. The molecule has 0 unspecified atom stereocenters. The zero-order chi connectivity index (χ0) is 11.5. The summed E-state index contributed by atoms with van der Waals surface area (Å²) in [5.41, 5.74) is 5.97. The largest absolute Gasteiger partial charge is 0.480 e. The van der Waals surface area contributed by atoms with Crippen LogP contribution in [-0.2, 0) is 6.42 Å². The van der Waals surface area contributed by atoms with Crippen LogP contribution in [0.15, 0.2) is 18.2 Å². The van der Waals surface area contributed by atoms with Gasteiger partial charge in [0.1, 0.15) is 11.6 Å². The van der Waals surface area contributed by atoms with Crippen LogP contribution in [0, 0.1) is 5.82 Å². The summed E-state index contributed by atoms with van der Waals surface area (Å²) >= 11 is 0. The van der Waals surface area contributed by atoms with Crippen molar-refractivity contribution < 1.29 is 9.13 Å². The van der Waals surface area contributed by atoms with Gasteiger partial charge in [0.25, 0.3) is 0 Å². The van der Waals surface area contributed by atoms with E-state index in [1.807, 2.05) is 0 Å². The van der Waals surface area contributed by atoms with Crippen molar-refractivity contribution in [1.82, 2.24) is 9.97 Å². The van der Waals surface area contributed by atoms with E-state index in [9.17, 15) is 4.39 Å². The lowest BCUT2D eigenvalue weighted by atomic mass is 10.2. The first-order valence-electron chi connectivity index (χ1n) is 4.95. The molecule has 0 aliphatic rings. The second-order valence-corrected chi connectivity index (χ2v) is 3.32. The number of benzene rings is 1. The Hall–Kier alpha value is -1.75. The normalized spacial score (nSPS) is 10.7. The van der Waals surface area contributed by atoms with Crippen molar-refractivity contribution in [1.29, 1.82) is 0 Å². The van der Waals surface area contributed by atoms with Crippen molar-refractivity contribution in [2.75, 3.05) is 13.7 Å². The van der Waals surface area contributed by atoms with Crippen LogP contribution in [0.3, 0.4) is 0 Å². The fourth-order valence-corrected chi connectivity index (χ4v) is 1.54. The Labute approximate surface area is 92.3 Å². The molecule has 0 saturated heterocycles. The summed E-state index contributed by atoms with van der Waals surface area (Å²) in [7, 11) is 1.46. The highest BCUT2D eigenvalue weighted by molar-refractivity contribution is 5.84. The highest BCUT2D eigenvalue weighted by Crippen LogP contribution is 2.24. The van der Waals surface area contributed by atoms with Crippen LogP contribution >= 0.6 is 0 Å². The minimum Gasteiger partial charge on any atom is -0.480 e. The molecule has 0 spiro atoms. The van der Waals surface area contributed by atoms with E-state index < -0.39 is 0 Å². The summed E-state index contributed by atoms with van der Waals surface area (Å²) in [5, 5.41) is 0.311. The van der Waals surface area contributed by atoms with E-state index in [4.69, 9.17) is 10.5 Å². The molecular weight excluding hydrogens is 209 g/mol. The lowest BCUT2D eigenvalue weighted by Crippen LogP contribution is -2.07. The lowest BCUT2D eigenvalue weighted by Gasteiger charge is -2.07. The van der Waals surface area contributed by atoms with Crippen LogP contribution < -0.4 is 10.5 Å². The first kappa shape index (κ1) is 10.8. The maximum absolute atomic E-state index is 13.6. The maximum atomic E-state index is 13.6. The Morgan fingerprint density at radius 1 is 1.38 bits per heavy atom. The number of aromatic nitrogens is 2. The Morgan fingerprint density at radius 3 is 2.88 bits per heavy atom. The maximum Gasteiger partial charge on any atom is 0.227 e. The lowest BCUT2D eigenvalue weighted by molar-refractivity contribution is 0.399. The van der Waals surface area contributed by atoms with Crippen molar-refractivity contribution in [2.24, 2.45) is 5.73 Å². The van der Waals surface area contributed by atoms with E-state index in [2.05, 4.69) is 9.97 Å². The highest BCUT2D eigenvalue weighted by atomic mass is 19.1. The third kappa shape index (κ3) is 1.81. The molecule has 1 heterocycles. The third-order valence-electron chi connectivity index (χ3n) is 2.25. The fourth-order valence-electron chi connectivity index (χ4n) is 1.54. The summed E-state index contributed by atoms with van der Waals surface area (Å²) in [6, 6.07) is 4.69. The second kappa shape index (κ2) is 4.40. The first-order chi connectivity index (χ1) is 7.76. The van der Waals surface area contributed by atoms with Gasteiger partial charge in [-0.1, -0.05) is 6.07 Å². The van der Waals surface area contributed by atoms with E-state index in [1.165, 1.54) is 13.2 Å². The van der Waals surface area contributed by atoms with Crippen molar-refractivity contribution in [3.63, 3.8) is 0 Å². The highest BCUT2D eigenvalue weighted by Gasteiger charge is 2.11. The SMILES string of the molecule is COc1nc(CCN)nc2cccc(F)c12. The van der Waals surface area contributed by atoms with Crippen LogP contribution in [0.5, 0.6) is 5.88 Å². The first-order valence-corrected chi connectivity index (χ1v) is 4.95. The molecule has 0 fully saturated rings. The molecule has 0 radical (unpaired) electrons. The van der Waals surface area contributed by atoms with Gasteiger partial charge < -0.3 is 10.5 Å². The quantitative estimate of drug-likeness (QED) is 0.848. The average Bonchev–Trinajstić information content (AvgIpc) is 2.28. The number of methoxy groups -OCH3 is 1. The predicted octanol–water partition coefficient (Wildman–Crippen LogP) is 1.28. The Bertz CT molecular complexity index is 516. The molecule has 0 aliphatic carbocycles. The Balaban J connectivity index is 2.68. The number of nitrogens with two attached hydrogens (primary N) is 1. The molecule has 2 N–H and O–H groups in total. The number of hydrogen-bond donors (Lipinski definition) is 1. The molecule has 0 amide bonds. The predicted molar refractivity (Wildman–Crippen MR) is 58.8 cm³/mol. The Kier molecular flexibility index (Phi) is 2.96. The van der Waals surface area contributed by atoms with Crippen LogP contribution in [0.25, 0.3) is 10.9 Å². The number of rotatable bonds is 3. The van der Waals surface area contributed by atoms with E-state index in [1.54, 1.807) is 12.1 Å². The van der Waals surface area contributed by atoms with Gasteiger partial charge in [0.05, 0.1) is 18.0 Å². The summed E-state index contributed by atoms with van der Waals surface area (Å²) in [6.45, 7) is 0.448. The molecule has 16 heavy (non-hydrogen) atoms. The van der Waals surface area contributed by atoms with Gasteiger partial charge in [0.2, 0.25) is 5.88 Å². The summed E-state index contributed by atoms with van der Waals surface area (Å²) < 4.78 is 18.6. The van der Waals surface area contributed by atoms with E-state index >= 15 is 0 Å². The Morgan fingerprint density at radius 2 is 2.19 bits per heavy atom. The van der Waals surface area contributed by atoms with E-state index in [0.29, 0.717) is 29.7 Å². The monoisotopic (exact) mass is 221 g/mol. The number of fused-ring (bicyclic) bond motifs is 1. The van der Waals surface area contributed by atoms with Gasteiger partial charge in [0.15, 0.2) is 0 Å². The zero-order valence-electron chi connectivity index (χ0n) is 8.90. The van der Waals surface area contributed by atoms with Crippen molar-refractivity contribution in [3.8, 4) is 5.88 Å². The molecule has 0 aliphatic heterocycles. The van der Waals surface area contributed by atoms with Gasteiger partial charge in [-0.15, -0.1) is 0 Å². The number of ether oxygens (including phenoxy) is 1. The topological polar surface area (TPSA) is 61.0 Å². The second-order valence-electron chi connectivity index (χ2n) is 3.32.